The third-order valence-corrected chi connectivity index (χ3v) is 4.85. The average Bonchev–Trinajstić information content (AvgIpc) is 3.10. The molecule has 1 amide bonds. The molecule has 0 radical (unpaired) electrons. The van der Waals surface area contributed by atoms with Gasteiger partial charge in [-0.2, -0.15) is 0 Å². The summed E-state index contributed by atoms with van der Waals surface area (Å²) in [5, 5.41) is 0. The lowest BCUT2D eigenvalue weighted by molar-refractivity contribution is -0.138. The zero-order chi connectivity index (χ0) is 15.2. The van der Waals surface area contributed by atoms with Gasteiger partial charge in [-0.05, 0) is 18.4 Å². The minimum absolute atomic E-state index is 0.127. The maximum Gasteiger partial charge on any atom is 0.248 e. The molecule has 4 heteroatoms. The Morgan fingerprint density at radius 2 is 1.73 bits per heavy atom. The summed E-state index contributed by atoms with van der Waals surface area (Å²) in [5.74, 6) is 0.127. The SMILES string of the molecule is O=C(COCc1ccccc1)N1CCN(C2CCCC2)CC1. The van der Waals surface area contributed by atoms with Gasteiger partial charge in [0.15, 0.2) is 0 Å². The third kappa shape index (κ3) is 4.08. The number of hydrogen-bond acceptors (Lipinski definition) is 3. The summed E-state index contributed by atoms with van der Waals surface area (Å²) in [7, 11) is 0. The van der Waals surface area contributed by atoms with Crippen molar-refractivity contribution in [3.8, 4) is 0 Å². The number of carbonyl (C=O) groups excluding carboxylic acids is 1. The summed E-state index contributed by atoms with van der Waals surface area (Å²) >= 11 is 0. The molecule has 0 unspecified atom stereocenters. The Balaban J connectivity index is 1.36. The van der Waals surface area contributed by atoms with Gasteiger partial charge in [0.2, 0.25) is 5.91 Å². The molecule has 0 aromatic heterocycles. The van der Waals surface area contributed by atoms with E-state index < -0.39 is 0 Å². The molecule has 1 heterocycles. The predicted octanol–water partition coefficient (Wildman–Crippen LogP) is 2.29. The van der Waals surface area contributed by atoms with Crippen LogP contribution in [0.15, 0.2) is 30.3 Å². The Kier molecular flexibility index (Phi) is 5.46. The molecular formula is C18H26N2O2. The molecule has 2 fully saturated rings. The molecule has 4 nitrogen and oxygen atoms in total. The van der Waals surface area contributed by atoms with Crippen LogP contribution in [0.3, 0.4) is 0 Å². The van der Waals surface area contributed by atoms with Gasteiger partial charge in [0.05, 0.1) is 6.61 Å². The van der Waals surface area contributed by atoms with E-state index in [0.29, 0.717) is 6.61 Å². The van der Waals surface area contributed by atoms with E-state index in [-0.39, 0.29) is 12.5 Å². The summed E-state index contributed by atoms with van der Waals surface area (Å²) in [6.07, 6.45) is 5.43. The zero-order valence-corrected chi connectivity index (χ0v) is 13.2. The summed E-state index contributed by atoms with van der Waals surface area (Å²) in [4.78, 5) is 16.7. The molecule has 1 saturated carbocycles. The Morgan fingerprint density at radius 1 is 1.05 bits per heavy atom. The number of carbonyl (C=O) groups is 1. The molecule has 1 saturated heterocycles. The van der Waals surface area contributed by atoms with Crippen LogP contribution in [0.1, 0.15) is 31.2 Å². The van der Waals surface area contributed by atoms with Crippen molar-refractivity contribution in [3.05, 3.63) is 35.9 Å². The van der Waals surface area contributed by atoms with Crippen LogP contribution in [0.4, 0.5) is 0 Å². The fraction of sp³-hybridized carbons (Fsp3) is 0.611. The first-order valence-corrected chi connectivity index (χ1v) is 8.46. The number of amides is 1. The predicted molar refractivity (Wildman–Crippen MR) is 86.5 cm³/mol. The van der Waals surface area contributed by atoms with Crippen LogP contribution in [0, 0.1) is 0 Å². The summed E-state index contributed by atoms with van der Waals surface area (Å²) in [5.41, 5.74) is 1.11. The molecule has 3 rings (SSSR count). The summed E-state index contributed by atoms with van der Waals surface area (Å²) < 4.78 is 5.56. The second kappa shape index (κ2) is 7.75. The standard InChI is InChI=1S/C18H26N2O2/c21-18(15-22-14-16-6-2-1-3-7-16)20-12-10-19(11-13-20)17-8-4-5-9-17/h1-3,6-7,17H,4-5,8-15H2. The maximum atomic E-state index is 12.2. The maximum absolute atomic E-state index is 12.2. The molecule has 1 aromatic rings. The summed E-state index contributed by atoms with van der Waals surface area (Å²) in [6.45, 7) is 4.45. The van der Waals surface area contributed by atoms with Crippen LogP contribution in [0.25, 0.3) is 0 Å². The van der Waals surface area contributed by atoms with E-state index in [1.807, 2.05) is 35.2 Å². The van der Waals surface area contributed by atoms with E-state index in [0.717, 1.165) is 37.8 Å². The van der Waals surface area contributed by atoms with Crippen LogP contribution >= 0.6 is 0 Å². The monoisotopic (exact) mass is 302 g/mol. The highest BCUT2D eigenvalue weighted by Gasteiger charge is 2.27. The third-order valence-electron chi connectivity index (χ3n) is 4.85. The van der Waals surface area contributed by atoms with Crippen molar-refractivity contribution in [3.63, 3.8) is 0 Å². The molecule has 120 valence electrons. The Labute approximate surface area is 133 Å². The Hall–Kier alpha value is -1.39. The van der Waals surface area contributed by atoms with Crippen LogP contribution in [0.5, 0.6) is 0 Å². The first-order valence-electron chi connectivity index (χ1n) is 8.46. The van der Waals surface area contributed by atoms with E-state index in [2.05, 4.69) is 4.90 Å². The van der Waals surface area contributed by atoms with Crippen molar-refractivity contribution in [1.82, 2.24) is 9.80 Å². The second-order valence-corrected chi connectivity index (χ2v) is 6.33. The van der Waals surface area contributed by atoms with Crippen LogP contribution in [-0.2, 0) is 16.1 Å². The van der Waals surface area contributed by atoms with Gasteiger partial charge in [0, 0.05) is 32.2 Å². The van der Waals surface area contributed by atoms with Crippen molar-refractivity contribution in [2.24, 2.45) is 0 Å². The number of nitrogens with zero attached hydrogens (tertiary/aromatic N) is 2. The van der Waals surface area contributed by atoms with Gasteiger partial charge in [-0.15, -0.1) is 0 Å². The number of rotatable bonds is 5. The highest BCUT2D eigenvalue weighted by atomic mass is 16.5. The van der Waals surface area contributed by atoms with Gasteiger partial charge in [-0.25, -0.2) is 0 Å². The van der Waals surface area contributed by atoms with Crippen molar-refractivity contribution < 1.29 is 9.53 Å². The van der Waals surface area contributed by atoms with E-state index in [1.54, 1.807) is 0 Å². The van der Waals surface area contributed by atoms with Crippen LogP contribution in [0.2, 0.25) is 0 Å². The topological polar surface area (TPSA) is 32.8 Å². The zero-order valence-electron chi connectivity index (χ0n) is 13.2. The first-order chi connectivity index (χ1) is 10.8. The molecule has 2 aliphatic rings. The van der Waals surface area contributed by atoms with Crippen molar-refractivity contribution in [2.75, 3.05) is 32.8 Å². The van der Waals surface area contributed by atoms with Gasteiger partial charge in [-0.3, -0.25) is 9.69 Å². The number of benzene rings is 1. The van der Waals surface area contributed by atoms with Crippen molar-refractivity contribution in [1.29, 1.82) is 0 Å². The Bertz CT molecular complexity index is 463. The smallest absolute Gasteiger partial charge is 0.248 e. The van der Waals surface area contributed by atoms with E-state index in [4.69, 9.17) is 4.74 Å². The largest absolute Gasteiger partial charge is 0.367 e. The Morgan fingerprint density at radius 3 is 2.41 bits per heavy atom. The normalized spacial score (nSPS) is 20.5. The van der Waals surface area contributed by atoms with E-state index >= 15 is 0 Å². The number of hydrogen-bond donors (Lipinski definition) is 0. The minimum Gasteiger partial charge on any atom is -0.367 e. The van der Waals surface area contributed by atoms with Crippen LogP contribution in [-0.4, -0.2) is 54.5 Å². The first kappa shape index (κ1) is 15.5. The van der Waals surface area contributed by atoms with Crippen molar-refractivity contribution >= 4 is 5.91 Å². The fourth-order valence-corrected chi connectivity index (χ4v) is 3.53. The molecule has 22 heavy (non-hydrogen) atoms. The molecule has 0 bridgehead atoms. The quantitative estimate of drug-likeness (QED) is 0.836. The lowest BCUT2D eigenvalue weighted by atomic mass is 10.2. The lowest BCUT2D eigenvalue weighted by Crippen LogP contribution is -2.52. The van der Waals surface area contributed by atoms with Crippen molar-refractivity contribution in [2.45, 2.75) is 38.3 Å². The highest BCUT2D eigenvalue weighted by molar-refractivity contribution is 5.77. The van der Waals surface area contributed by atoms with Gasteiger partial charge < -0.3 is 9.64 Å². The van der Waals surface area contributed by atoms with Gasteiger partial charge in [0.25, 0.3) is 0 Å². The molecule has 0 spiro atoms. The van der Waals surface area contributed by atoms with Crippen LogP contribution < -0.4 is 0 Å². The molecule has 1 aliphatic heterocycles. The van der Waals surface area contributed by atoms with Gasteiger partial charge in [0.1, 0.15) is 6.61 Å². The number of piperazine rings is 1. The molecule has 0 N–H and O–H groups in total. The molecule has 1 aliphatic carbocycles. The highest BCUT2D eigenvalue weighted by Crippen LogP contribution is 2.24. The van der Waals surface area contributed by atoms with Gasteiger partial charge in [-0.1, -0.05) is 43.2 Å². The molecule has 0 atom stereocenters. The second-order valence-electron chi connectivity index (χ2n) is 6.33. The van der Waals surface area contributed by atoms with Gasteiger partial charge >= 0.3 is 0 Å². The lowest BCUT2D eigenvalue weighted by Gasteiger charge is -2.38. The average molecular weight is 302 g/mol. The minimum atomic E-state index is 0.127. The fourth-order valence-electron chi connectivity index (χ4n) is 3.53. The molecule has 1 aromatic carbocycles. The van der Waals surface area contributed by atoms with E-state index in [9.17, 15) is 4.79 Å². The number of ether oxygens (including phenoxy) is 1. The van der Waals surface area contributed by atoms with E-state index in [1.165, 1.54) is 25.7 Å². The summed E-state index contributed by atoms with van der Waals surface area (Å²) in [6, 6.07) is 10.8. The molecular weight excluding hydrogens is 276 g/mol.